The van der Waals surface area contributed by atoms with Crippen LogP contribution in [-0.4, -0.2) is 35.7 Å². The van der Waals surface area contributed by atoms with Gasteiger partial charge in [0.2, 0.25) is 11.8 Å². The van der Waals surface area contributed by atoms with Crippen molar-refractivity contribution >= 4 is 40.7 Å². The predicted molar refractivity (Wildman–Crippen MR) is 119 cm³/mol. The van der Waals surface area contributed by atoms with Gasteiger partial charge in [-0.1, -0.05) is 25.4 Å². The highest BCUT2D eigenvalue weighted by Gasteiger charge is 2.29. The monoisotopic (exact) mass is 427 g/mol. The summed E-state index contributed by atoms with van der Waals surface area (Å²) in [5, 5.41) is 6.31. The Kier molecular flexibility index (Phi) is 7.11. The van der Waals surface area contributed by atoms with Crippen molar-refractivity contribution in [3.8, 4) is 0 Å². The topological polar surface area (TPSA) is 78.5 Å². The summed E-state index contributed by atoms with van der Waals surface area (Å²) >= 11 is 5.89. The zero-order valence-corrected chi connectivity index (χ0v) is 17.9. The molecule has 2 aromatic carbocycles. The van der Waals surface area contributed by atoms with Crippen LogP contribution in [0.3, 0.4) is 0 Å². The Balaban J connectivity index is 1.58. The smallest absolute Gasteiger partial charge is 0.253 e. The molecule has 2 aromatic rings. The molecule has 1 saturated heterocycles. The van der Waals surface area contributed by atoms with Crippen molar-refractivity contribution in [2.45, 2.75) is 26.7 Å². The van der Waals surface area contributed by atoms with Gasteiger partial charge in [-0.25, -0.2) is 0 Å². The van der Waals surface area contributed by atoms with Crippen LogP contribution in [0, 0.1) is 11.8 Å². The zero-order chi connectivity index (χ0) is 21.7. The molecule has 0 aromatic heterocycles. The molecule has 2 N–H and O–H groups in total. The number of anilines is 2. The van der Waals surface area contributed by atoms with Gasteiger partial charge < -0.3 is 15.5 Å². The number of hydrogen-bond acceptors (Lipinski definition) is 3. The number of benzene rings is 2. The van der Waals surface area contributed by atoms with Crippen molar-refractivity contribution in [2.75, 3.05) is 23.7 Å². The molecule has 0 bridgehead atoms. The predicted octanol–water partition coefficient (Wildman–Crippen LogP) is 4.43. The zero-order valence-electron chi connectivity index (χ0n) is 17.2. The first kappa shape index (κ1) is 21.8. The average molecular weight is 428 g/mol. The third kappa shape index (κ3) is 5.60. The fourth-order valence-electron chi connectivity index (χ4n) is 3.32. The number of halogens is 1. The first-order valence-corrected chi connectivity index (χ1v) is 10.5. The van der Waals surface area contributed by atoms with Crippen LogP contribution >= 0.6 is 11.6 Å². The maximum Gasteiger partial charge on any atom is 0.253 e. The fourth-order valence-corrected chi connectivity index (χ4v) is 3.44. The maximum atomic E-state index is 12.7. The third-order valence-corrected chi connectivity index (χ3v) is 5.37. The highest BCUT2D eigenvalue weighted by molar-refractivity contribution is 6.30. The molecule has 30 heavy (non-hydrogen) atoms. The van der Waals surface area contributed by atoms with Crippen LogP contribution in [-0.2, 0) is 9.59 Å². The quantitative estimate of drug-likeness (QED) is 0.741. The van der Waals surface area contributed by atoms with Crippen molar-refractivity contribution in [3.63, 3.8) is 0 Å². The molecule has 1 heterocycles. The maximum absolute atomic E-state index is 12.7. The normalized spacial score (nSPS) is 16.3. The Hall–Kier alpha value is -2.86. The Labute approximate surface area is 181 Å². The van der Waals surface area contributed by atoms with Crippen molar-refractivity contribution < 1.29 is 14.4 Å². The van der Waals surface area contributed by atoms with Gasteiger partial charge in [-0.3, -0.25) is 14.4 Å². The summed E-state index contributed by atoms with van der Waals surface area (Å²) in [7, 11) is 0. The van der Waals surface area contributed by atoms with Gasteiger partial charge in [0.15, 0.2) is 0 Å². The second-order valence-corrected chi connectivity index (χ2v) is 8.24. The molecule has 0 radical (unpaired) electrons. The van der Waals surface area contributed by atoms with E-state index in [1.807, 2.05) is 13.8 Å². The second-order valence-electron chi connectivity index (χ2n) is 7.81. The van der Waals surface area contributed by atoms with Gasteiger partial charge >= 0.3 is 0 Å². The molecular formula is C23H26ClN3O3. The van der Waals surface area contributed by atoms with E-state index in [-0.39, 0.29) is 29.6 Å². The molecule has 1 aliphatic rings. The Morgan fingerprint density at radius 2 is 1.57 bits per heavy atom. The van der Waals surface area contributed by atoms with Crippen LogP contribution in [0.1, 0.15) is 37.0 Å². The summed E-state index contributed by atoms with van der Waals surface area (Å²) in [5.74, 6) is -0.624. The van der Waals surface area contributed by atoms with E-state index in [9.17, 15) is 14.4 Å². The molecule has 6 nitrogen and oxygen atoms in total. The van der Waals surface area contributed by atoms with E-state index < -0.39 is 0 Å². The molecular weight excluding hydrogens is 402 g/mol. The number of piperidine rings is 1. The van der Waals surface area contributed by atoms with Gasteiger partial charge in [-0.2, -0.15) is 0 Å². The lowest BCUT2D eigenvalue weighted by molar-refractivity contribution is -0.121. The lowest BCUT2D eigenvalue weighted by Gasteiger charge is -2.32. The summed E-state index contributed by atoms with van der Waals surface area (Å²) in [6.07, 6.45) is 1.51. The first-order chi connectivity index (χ1) is 14.3. The van der Waals surface area contributed by atoms with Crippen LogP contribution in [0.5, 0.6) is 0 Å². The molecule has 3 rings (SSSR count). The minimum Gasteiger partial charge on any atom is -0.338 e. The van der Waals surface area contributed by atoms with Gasteiger partial charge in [0.25, 0.3) is 5.91 Å². The van der Waals surface area contributed by atoms with E-state index in [2.05, 4.69) is 10.6 Å². The number of rotatable bonds is 5. The first-order valence-electron chi connectivity index (χ1n) is 10.1. The number of hydrogen-bond donors (Lipinski definition) is 2. The molecule has 1 atom stereocenters. The average Bonchev–Trinajstić information content (AvgIpc) is 2.75. The summed E-state index contributed by atoms with van der Waals surface area (Å²) in [6.45, 7) is 4.68. The fraction of sp³-hybridized carbons (Fsp3) is 0.348. The van der Waals surface area contributed by atoms with Gasteiger partial charge in [-0.15, -0.1) is 0 Å². The van der Waals surface area contributed by atoms with Crippen LogP contribution < -0.4 is 10.6 Å². The van der Waals surface area contributed by atoms with E-state index >= 15 is 0 Å². The molecule has 0 saturated carbocycles. The summed E-state index contributed by atoms with van der Waals surface area (Å²) in [5.41, 5.74) is 1.91. The highest BCUT2D eigenvalue weighted by Crippen LogP contribution is 2.22. The minimum absolute atomic E-state index is 0.0561. The van der Waals surface area contributed by atoms with Crippen LogP contribution in [0.2, 0.25) is 5.02 Å². The van der Waals surface area contributed by atoms with E-state index in [1.54, 1.807) is 53.4 Å². The molecule has 0 spiro atoms. The molecule has 0 aliphatic carbocycles. The summed E-state index contributed by atoms with van der Waals surface area (Å²) < 4.78 is 0. The van der Waals surface area contributed by atoms with E-state index in [0.717, 1.165) is 12.8 Å². The molecule has 1 unspecified atom stereocenters. The number of likely N-dealkylation sites (tertiary alicyclic amines) is 1. The number of amides is 3. The standard InChI is InChI=1S/C23H26ClN3O3/c1-15(2)21(28)25-19-9-11-20(12-10-19)26-22(29)17-4-3-13-27(14-17)23(30)16-5-7-18(24)8-6-16/h5-12,15,17H,3-4,13-14H2,1-2H3,(H,25,28)(H,26,29). The van der Waals surface area contributed by atoms with E-state index in [1.165, 1.54) is 0 Å². The molecule has 1 aliphatic heterocycles. The third-order valence-electron chi connectivity index (χ3n) is 5.11. The lowest BCUT2D eigenvalue weighted by Crippen LogP contribution is -2.43. The van der Waals surface area contributed by atoms with Crippen molar-refractivity contribution in [1.29, 1.82) is 0 Å². The van der Waals surface area contributed by atoms with Crippen LogP contribution in [0.4, 0.5) is 11.4 Å². The number of carbonyl (C=O) groups excluding carboxylic acids is 3. The van der Waals surface area contributed by atoms with Crippen LogP contribution in [0.25, 0.3) is 0 Å². The van der Waals surface area contributed by atoms with Crippen molar-refractivity contribution in [3.05, 3.63) is 59.1 Å². The molecule has 158 valence electrons. The molecule has 7 heteroatoms. The number of carbonyl (C=O) groups is 3. The minimum atomic E-state index is -0.268. The molecule has 3 amide bonds. The largest absolute Gasteiger partial charge is 0.338 e. The summed E-state index contributed by atoms with van der Waals surface area (Å²) in [4.78, 5) is 39.0. The Morgan fingerprint density at radius 3 is 2.17 bits per heavy atom. The Bertz CT molecular complexity index is 910. The number of nitrogens with one attached hydrogen (secondary N) is 2. The highest BCUT2D eigenvalue weighted by atomic mass is 35.5. The lowest BCUT2D eigenvalue weighted by atomic mass is 9.96. The van der Waals surface area contributed by atoms with E-state index in [4.69, 9.17) is 11.6 Å². The van der Waals surface area contributed by atoms with Gasteiger partial charge in [0.1, 0.15) is 0 Å². The Morgan fingerprint density at radius 1 is 0.967 bits per heavy atom. The van der Waals surface area contributed by atoms with Gasteiger partial charge in [0.05, 0.1) is 5.92 Å². The summed E-state index contributed by atoms with van der Waals surface area (Å²) in [6, 6.07) is 13.8. The molecule has 1 fully saturated rings. The van der Waals surface area contributed by atoms with Crippen molar-refractivity contribution in [1.82, 2.24) is 4.90 Å². The second kappa shape index (κ2) is 9.76. The van der Waals surface area contributed by atoms with Crippen molar-refractivity contribution in [2.24, 2.45) is 11.8 Å². The number of nitrogens with zero attached hydrogens (tertiary/aromatic N) is 1. The van der Waals surface area contributed by atoms with E-state index in [0.29, 0.717) is 35.1 Å². The van der Waals surface area contributed by atoms with Crippen LogP contribution in [0.15, 0.2) is 48.5 Å². The SMILES string of the molecule is CC(C)C(=O)Nc1ccc(NC(=O)C2CCCN(C(=O)c3ccc(Cl)cc3)C2)cc1. The van der Waals surface area contributed by atoms with Gasteiger partial charge in [0, 0.05) is 41.0 Å². The van der Waals surface area contributed by atoms with Gasteiger partial charge in [-0.05, 0) is 61.4 Å².